The molecule has 1 N–H and O–H groups in total. The number of halogens is 1. The molecule has 3 nitrogen and oxygen atoms in total. The Morgan fingerprint density at radius 1 is 1.23 bits per heavy atom. The highest BCUT2D eigenvalue weighted by Gasteiger charge is 2.26. The number of nitrogens with zero attached hydrogens (tertiary/aromatic N) is 2. The fourth-order valence-electron chi connectivity index (χ4n) is 3.20. The van der Waals surface area contributed by atoms with Gasteiger partial charge in [-0.05, 0) is 49.2 Å². The number of aliphatic hydroxyl groups is 1. The van der Waals surface area contributed by atoms with Crippen molar-refractivity contribution < 1.29 is 9.50 Å². The number of pyridine rings is 1. The molecule has 1 aliphatic heterocycles. The van der Waals surface area contributed by atoms with Gasteiger partial charge in [0.25, 0.3) is 0 Å². The van der Waals surface area contributed by atoms with Gasteiger partial charge in [-0.15, -0.1) is 0 Å². The van der Waals surface area contributed by atoms with Crippen molar-refractivity contribution in [3.8, 4) is 0 Å². The molecule has 1 aliphatic rings. The molecule has 1 saturated heterocycles. The summed E-state index contributed by atoms with van der Waals surface area (Å²) >= 11 is 0. The first-order chi connectivity index (χ1) is 10.8. The molecule has 0 bridgehead atoms. The summed E-state index contributed by atoms with van der Waals surface area (Å²) in [6, 6.07) is 13.0. The zero-order chi connectivity index (χ0) is 15.4. The van der Waals surface area contributed by atoms with Crippen LogP contribution in [0.4, 0.5) is 4.39 Å². The third-order valence-electron chi connectivity index (χ3n) is 4.19. The van der Waals surface area contributed by atoms with E-state index in [9.17, 15) is 4.39 Å². The number of aromatic nitrogens is 1. The molecule has 116 valence electrons. The third kappa shape index (κ3) is 3.51. The van der Waals surface area contributed by atoms with E-state index in [1.165, 1.54) is 6.07 Å². The lowest BCUT2D eigenvalue weighted by Crippen LogP contribution is -2.27. The first kappa shape index (κ1) is 15.1. The van der Waals surface area contributed by atoms with Crippen molar-refractivity contribution in [2.45, 2.75) is 25.3 Å². The van der Waals surface area contributed by atoms with Gasteiger partial charge in [0.1, 0.15) is 5.82 Å². The van der Waals surface area contributed by atoms with Gasteiger partial charge >= 0.3 is 0 Å². The van der Waals surface area contributed by atoms with Crippen molar-refractivity contribution in [2.24, 2.45) is 0 Å². The van der Waals surface area contributed by atoms with Crippen molar-refractivity contribution in [2.75, 3.05) is 19.7 Å². The predicted octanol–water partition coefficient (Wildman–Crippen LogP) is 2.94. The van der Waals surface area contributed by atoms with Gasteiger partial charge in [0.15, 0.2) is 0 Å². The minimum absolute atomic E-state index is 0.180. The number of rotatable bonds is 5. The van der Waals surface area contributed by atoms with Gasteiger partial charge in [0.05, 0.1) is 18.3 Å². The maximum absolute atomic E-state index is 13.3. The molecule has 2 aromatic rings. The van der Waals surface area contributed by atoms with Crippen LogP contribution in [-0.4, -0.2) is 34.7 Å². The standard InChI is InChI=1S/C18H21FN2O/c19-15-5-1-4-14(12-15)13-16-6-2-7-17(20-16)18-8-3-9-21(18)10-11-22/h1-2,4-7,12,18,22H,3,8-11,13H2/t18-/m0/s1. The minimum atomic E-state index is -0.210. The maximum Gasteiger partial charge on any atom is 0.123 e. The fourth-order valence-corrected chi connectivity index (χ4v) is 3.20. The van der Waals surface area contributed by atoms with E-state index in [1.807, 2.05) is 18.2 Å². The molecule has 3 rings (SSSR count). The van der Waals surface area contributed by atoms with Gasteiger partial charge in [-0.1, -0.05) is 18.2 Å². The summed E-state index contributed by atoms with van der Waals surface area (Å²) in [4.78, 5) is 7.05. The van der Waals surface area contributed by atoms with E-state index in [1.54, 1.807) is 12.1 Å². The van der Waals surface area contributed by atoms with E-state index in [4.69, 9.17) is 10.1 Å². The number of aliphatic hydroxyl groups excluding tert-OH is 1. The number of benzene rings is 1. The lowest BCUT2D eigenvalue weighted by molar-refractivity contribution is 0.183. The van der Waals surface area contributed by atoms with Crippen LogP contribution in [0.3, 0.4) is 0 Å². The quantitative estimate of drug-likeness (QED) is 0.922. The number of hydrogen-bond acceptors (Lipinski definition) is 3. The Labute approximate surface area is 130 Å². The Kier molecular flexibility index (Phi) is 4.80. The molecule has 0 spiro atoms. The van der Waals surface area contributed by atoms with Crippen LogP contribution in [0.1, 0.15) is 35.8 Å². The zero-order valence-corrected chi connectivity index (χ0v) is 12.6. The average Bonchev–Trinajstić information content (AvgIpc) is 2.96. The number of likely N-dealkylation sites (tertiary alicyclic amines) is 1. The second kappa shape index (κ2) is 6.99. The highest BCUT2D eigenvalue weighted by atomic mass is 19.1. The summed E-state index contributed by atoms with van der Waals surface area (Å²) in [6.45, 7) is 1.89. The summed E-state index contributed by atoms with van der Waals surface area (Å²) in [5.74, 6) is -0.210. The molecule has 4 heteroatoms. The van der Waals surface area contributed by atoms with E-state index in [0.717, 1.165) is 36.3 Å². The lowest BCUT2D eigenvalue weighted by atomic mass is 10.1. The van der Waals surface area contributed by atoms with Gasteiger partial charge in [-0.25, -0.2) is 4.39 Å². The molecule has 0 unspecified atom stereocenters. The van der Waals surface area contributed by atoms with Crippen molar-refractivity contribution in [1.82, 2.24) is 9.88 Å². The summed E-state index contributed by atoms with van der Waals surface area (Å²) in [7, 11) is 0. The number of hydrogen-bond donors (Lipinski definition) is 1. The Morgan fingerprint density at radius 3 is 2.91 bits per heavy atom. The Bertz CT molecular complexity index is 632. The van der Waals surface area contributed by atoms with Crippen LogP contribution in [0.15, 0.2) is 42.5 Å². The summed E-state index contributed by atoms with van der Waals surface area (Å²) in [5, 5.41) is 9.17. The fraction of sp³-hybridized carbons (Fsp3) is 0.389. The molecule has 0 amide bonds. The van der Waals surface area contributed by atoms with E-state index in [-0.39, 0.29) is 12.4 Å². The molecule has 1 aromatic carbocycles. The van der Waals surface area contributed by atoms with Gasteiger partial charge in [-0.3, -0.25) is 9.88 Å². The molecule has 0 radical (unpaired) electrons. The van der Waals surface area contributed by atoms with Crippen molar-refractivity contribution >= 4 is 0 Å². The Morgan fingerprint density at radius 2 is 2.09 bits per heavy atom. The van der Waals surface area contributed by atoms with Gasteiger partial charge < -0.3 is 5.11 Å². The lowest BCUT2D eigenvalue weighted by Gasteiger charge is -2.23. The first-order valence-electron chi connectivity index (χ1n) is 7.81. The molecular formula is C18H21FN2O. The van der Waals surface area contributed by atoms with Crippen LogP contribution in [0, 0.1) is 5.82 Å². The largest absolute Gasteiger partial charge is 0.395 e. The Balaban J connectivity index is 1.77. The maximum atomic E-state index is 13.3. The van der Waals surface area contributed by atoms with Crippen LogP contribution in [-0.2, 0) is 6.42 Å². The van der Waals surface area contributed by atoms with Crippen LogP contribution >= 0.6 is 0 Å². The molecule has 1 atom stereocenters. The monoisotopic (exact) mass is 300 g/mol. The predicted molar refractivity (Wildman–Crippen MR) is 84.1 cm³/mol. The second-order valence-electron chi connectivity index (χ2n) is 5.78. The Hall–Kier alpha value is -1.78. The van der Waals surface area contributed by atoms with Crippen molar-refractivity contribution in [1.29, 1.82) is 0 Å². The first-order valence-corrected chi connectivity index (χ1v) is 7.81. The van der Waals surface area contributed by atoms with E-state index in [2.05, 4.69) is 11.0 Å². The average molecular weight is 300 g/mol. The van der Waals surface area contributed by atoms with Crippen LogP contribution < -0.4 is 0 Å². The topological polar surface area (TPSA) is 36.4 Å². The molecule has 22 heavy (non-hydrogen) atoms. The van der Waals surface area contributed by atoms with Gasteiger partial charge in [0, 0.05) is 18.7 Å². The van der Waals surface area contributed by atoms with E-state index in [0.29, 0.717) is 19.0 Å². The summed E-state index contributed by atoms with van der Waals surface area (Å²) in [5.41, 5.74) is 2.95. The van der Waals surface area contributed by atoms with E-state index >= 15 is 0 Å². The summed E-state index contributed by atoms with van der Waals surface area (Å²) < 4.78 is 13.3. The zero-order valence-electron chi connectivity index (χ0n) is 12.6. The van der Waals surface area contributed by atoms with Crippen LogP contribution in [0.25, 0.3) is 0 Å². The second-order valence-corrected chi connectivity index (χ2v) is 5.78. The van der Waals surface area contributed by atoms with Crippen LogP contribution in [0.5, 0.6) is 0 Å². The normalized spacial score (nSPS) is 18.7. The van der Waals surface area contributed by atoms with Gasteiger partial charge in [0.2, 0.25) is 0 Å². The van der Waals surface area contributed by atoms with Crippen molar-refractivity contribution in [3.05, 3.63) is 65.2 Å². The molecule has 1 aromatic heterocycles. The molecule has 1 fully saturated rings. The molecule has 0 aliphatic carbocycles. The molecule has 0 saturated carbocycles. The minimum Gasteiger partial charge on any atom is -0.395 e. The molecular weight excluding hydrogens is 279 g/mol. The van der Waals surface area contributed by atoms with Gasteiger partial charge in [-0.2, -0.15) is 0 Å². The van der Waals surface area contributed by atoms with E-state index < -0.39 is 0 Å². The highest BCUT2D eigenvalue weighted by molar-refractivity contribution is 5.24. The van der Waals surface area contributed by atoms with Crippen LogP contribution in [0.2, 0.25) is 0 Å². The SMILES string of the molecule is OCCN1CCC[C@H]1c1cccc(Cc2cccc(F)c2)n1. The highest BCUT2D eigenvalue weighted by Crippen LogP contribution is 2.30. The third-order valence-corrected chi connectivity index (χ3v) is 4.19. The smallest absolute Gasteiger partial charge is 0.123 e. The van der Waals surface area contributed by atoms with Crippen molar-refractivity contribution in [3.63, 3.8) is 0 Å². The number of β-amino-alcohol motifs (C(OH)–C–C–N with tert-alkyl or cyclic N) is 1. The molecule has 2 heterocycles. The summed E-state index contributed by atoms with van der Waals surface area (Å²) in [6.07, 6.45) is 2.86.